The van der Waals surface area contributed by atoms with Crippen LogP contribution in [-0.2, 0) is 11.3 Å². The van der Waals surface area contributed by atoms with Crippen LogP contribution in [0.15, 0.2) is 29.3 Å². The summed E-state index contributed by atoms with van der Waals surface area (Å²) in [5.74, 6) is 1.46. The molecule has 5 heteroatoms. The summed E-state index contributed by atoms with van der Waals surface area (Å²) in [7, 11) is 1.69. The van der Waals surface area contributed by atoms with E-state index in [9.17, 15) is 0 Å². The zero-order valence-electron chi connectivity index (χ0n) is 12.1. The molecule has 0 radical (unpaired) electrons. The second kappa shape index (κ2) is 9.80. The number of methoxy groups -OCH3 is 1. The molecule has 1 aromatic carbocycles. The maximum atomic E-state index is 5.64. The average molecular weight is 344 g/mol. The molecule has 0 aliphatic heterocycles. The summed E-state index contributed by atoms with van der Waals surface area (Å²) in [5, 5.41) is 3.30. The molecule has 0 saturated carbocycles. The van der Waals surface area contributed by atoms with Gasteiger partial charge in [0.25, 0.3) is 0 Å². The Labute approximate surface area is 129 Å². The Balaban J connectivity index is 2.79. The summed E-state index contributed by atoms with van der Waals surface area (Å²) in [6, 6.07) is 4.02. The van der Waals surface area contributed by atoms with Crippen molar-refractivity contribution in [1.29, 1.82) is 0 Å². The van der Waals surface area contributed by atoms with E-state index >= 15 is 0 Å². The van der Waals surface area contributed by atoms with Crippen LogP contribution < -0.4 is 14.8 Å². The first-order valence-corrected chi connectivity index (χ1v) is 7.40. The molecule has 1 N–H and O–H groups in total. The third-order valence-electron chi connectivity index (χ3n) is 2.53. The number of ether oxygens (including phenoxy) is 3. The van der Waals surface area contributed by atoms with E-state index in [-0.39, 0.29) is 0 Å². The molecular weight excluding hydrogens is 322 g/mol. The van der Waals surface area contributed by atoms with Crippen molar-refractivity contribution in [2.75, 3.05) is 33.5 Å². The molecule has 20 heavy (non-hydrogen) atoms. The maximum Gasteiger partial charge on any atom is 0.175 e. The first-order chi connectivity index (χ1) is 9.72. The number of hydrogen-bond acceptors (Lipinski definition) is 4. The normalized spacial score (nSPS) is 10.3. The molecule has 4 nitrogen and oxygen atoms in total. The van der Waals surface area contributed by atoms with Crippen molar-refractivity contribution in [3.63, 3.8) is 0 Å². The minimum absolute atomic E-state index is 0.449. The van der Waals surface area contributed by atoms with Crippen LogP contribution in [0.2, 0.25) is 0 Å². The molecule has 0 unspecified atom stereocenters. The topological polar surface area (TPSA) is 39.7 Å². The molecule has 0 aromatic heterocycles. The van der Waals surface area contributed by atoms with Gasteiger partial charge in [-0.1, -0.05) is 12.7 Å². The summed E-state index contributed by atoms with van der Waals surface area (Å²) >= 11 is 3.53. The third-order valence-corrected chi connectivity index (χ3v) is 3.12. The second-order valence-corrected chi connectivity index (χ2v) is 4.96. The number of hydrogen-bond donors (Lipinski definition) is 1. The lowest BCUT2D eigenvalue weighted by Crippen LogP contribution is -2.18. The van der Waals surface area contributed by atoms with Gasteiger partial charge in [0.15, 0.2) is 11.5 Å². The van der Waals surface area contributed by atoms with Crippen LogP contribution in [0.5, 0.6) is 11.5 Å². The second-order valence-electron chi connectivity index (χ2n) is 4.11. The first-order valence-electron chi connectivity index (χ1n) is 6.61. The SMILES string of the molecule is C=CCOc1c(Br)cc(CNCCOC)cc1OCC. The summed E-state index contributed by atoms with van der Waals surface area (Å²) in [4.78, 5) is 0. The Morgan fingerprint density at radius 3 is 2.80 bits per heavy atom. The molecule has 0 fully saturated rings. The van der Waals surface area contributed by atoms with E-state index in [1.165, 1.54) is 0 Å². The Morgan fingerprint density at radius 1 is 1.35 bits per heavy atom. The van der Waals surface area contributed by atoms with E-state index < -0.39 is 0 Å². The number of nitrogens with one attached hydrogen (secondary N) is 1. The fourth-order valence-corrected chi connectivity index (χ4v) is 2.28. The molecule has 0 bridgehead atoms. The van der Waals surface area contributed by atoms with E-state index in [4.69, 9.17) is 14.2 Å². The van der Waals surface area contributed by atoms with Crippen LogP contribution in [0.4, 0.5) is 0 Å². The van der Waals surface area contributed by atoms with Crippen molar-refractivity contribution in [3.8, 4) is 11.5 Å². The monoisotopic (exact) mass is 343 g/mol. The van der Waals surface area contributed by atoms with E-state index in [0.717, 1.165) is 28.9 Å². The van der Waals surface area contributed by atoms with Gasteiger partial charge in [0.2, 0.25) is 0 Å². The van der Waals surface area contributed by atoms with Gasteiger partial charge in [0, 0.05) is 20.2 Å². The van der Waals surface area contributed by atoms with Gasteiger partial charge in [-0.05, 0) is 40.5 Å². The van der Waals surface area contributed by atoms with Crippen LogP contribution in [0.1, 0.15) is 12.5 Å². The van der Waals surface area contributed by atoms with Gasteiger partial charge in [-0.2, -0.15) is 0 Å². The molecule has 0 atom stereocenters. The molecule has 1 rings (SSSR count). The van der Waals surface area contributed by atoms with Crippen molar-refractivity contribution >= 4 is 15.9 Å². The van der Waals surface area contributed by atoms with E-state index in [0.29, 0.717) is 25.6 Å². The van der Waals surface area contributed by atoms with Crippen molar-refractivity contribution < 1.29 is 14.2 Å². The molecule has 1 aromatic rings. The largest absolute Gasteiger partial charge is 0.490 e. The molecule has 112 valence electrons. The Hall–Kier alpha value is -1.04. The highest BCUT2D eigenvalue weighted by Crippen LogP contribution is 2.36. The van der Waals surface area contributed by atoms with Crippen LogP contribution in [-0.4, -0.2) is 33.5 Å². The highest BCUT2D eigenvalue weighted by Gasteiger charge is 2.11. The van der Waals surface area contributed by atoms with Crippen molar-refractivity contribution in [1.82, 2.24) is 5.32 Å². The lowest BCUT2D eigenvalue weighted by atomic mass is 10.2. The van der Waals surface area contributed by atoms with Crippen molar-refractivity contribution in [2.24, 2.45) is 0 Å². The molecule has 0 amide bonds. The summed E-state index contributed by atoms with van der Waals surface area (Å²) < 4.78 is 17.2. The lowest BCUT2D eigenvalue weighted by molar-refractivity contribution is 0.199. The van der Waals surface area contributed by atoms with Crippen LogP contribution in [0, 0.1) is 0 Å². The van der Waals surface area contributed by atoms with Gasteiger partial charge in [-0.15, -0.1) is 0 Å². The Bertz CT molecular complexity index is 424. The Kier molecular flexibility index (Phi) is 8.34. The highest BCUT2D eigenvalue weighted by atomic mass is 79.9. The average Bonchev–Trinajstić information content (AvgIpc) is 2.43. The quantitative estimate of drug-likeness (QED) is 0.523. The Morgan fingerprint density at radius 2 is 2.15 bits per heavy atom. The molecular formula is C15H22BrNO3. The zero-order valence-corrected chi connectivity index (χ0v) is 13.7. The maximum absolute atomic E-state index is 5.64. The smallest absolute Gasteiger partial charge is 0.175 e. The zero-order chi connectivity index (χ0) is 14.8. The standard InChI is InChI=1S/C15H22BrNO3/c1-4-7-20-15-13(16)9-12(10-14(15)19-5-2)11-17-6-8-18-3/h4,9-10,17H,1,5-8,11H2,2-3H3. The number of benzene rings is 1. The van der Waals surface area contributed by atoms with Crippen LogP contribution >= 0.6 is 15.9 Å². The fourth-order valence-electron chi connectivity index (χ4n) is 1.68. The van der Waals surface area contributed by atoms with E-state index in [2.05, 4.69) is 27.8 Å². The molecule has 0 saturated heterocycles. The van der Waals surface area contributed by atoms with Gasteiger partial charge in [-0.3, -0.25) is 0 Å². The predicted octanol–water partition coefficient (Wildman–Crippen LogP) is 3.15. The molecule has 0 aliphatic rings. The van der Waals surface area contributed by atoms with Gasteiger partial charge in [-0.25, -0.2) is 0 Å². The first kappa shape index (κ1) is 17.0. The molecule has 0 heterocycles. The lowest BCUT2D eigenvalue weighted by Gasteiger charge is -2.15. The third kappa shape index (κ3) is 5.53. The number of rotatable bonds is 10. The van der Waals surface area contributed by atoms with Gasteiger partial charge in [0.1, 0.15) is 6.61 Å². The minimum Gasteiger partial charge on any atom is -0.490 e. The fraction of sp³-hybridized carbons (Fsp3) is 0.467. The van der Waals surface area contributed by atoms with Gasteiger partial charge in [0.05, 0.1) is 17.7 Å². The summed E-state index contributed by atoms with van der Waals surface area (Å²) in [5.41, 5.74) is 1.13. The van der Waals surface area contributed by atoms with E-state index in [1.54, 1.807) is 13.2 Å². The molecule has 0 spiro atoms. The van der Waals surface area contributed by atoms with Crippen molar-refractivity contribution in [2.45, 2.75) is 13.5 Å². The predicted molar refractivity (Wildman–Crippen MR) is 84.6 cm³/mol. The van der Waals surface area contributed by atoms with Gasteiger partial charge < -0.3 is 19.5 Å². The van der Waals surface area contributed by atoms with Gasteiger partial charge >= 0.3 is 0 Å². The molecule has 0 aliphatic carbocycles. The highest BCUT2D eigenvalue weighted by molar-refractivity contribution is 9.10. The van der Waals surface area contributed by atoms with E-state index in [1.807, 2.05) is 19.1 Å². The van der Waals surface area contributed by atoms with Crippen molar-refractivity contribution in [3.05, 3.63) is 34.8 Å². The van der Waals surface area contributed by atoms with Crippen LogP contribution in [0.25, 0.3) is 0 Å². The summed E-state index contributed by atoms with van der Waals surface area (Å²) in [6.45, 7) is 8.91. The van der Waals surface area contributed by atoms with Crippen LogP contribution in [0.3, 0.4) is 0 Å². The summed E-state index contributed by atoms with van der Waals surface area (Å²) in [6.07, 6.45) is 1.71. The number of halogens is 1. The minimum atomic E-state index is 0.449.